The van der Waals surface area contributed by atoms with E-state index < -0.39 is 0 Å². The lowest BCUT2D eigenvalue weighted by Crippen LogP contribution is -2.63. The summed E-state index contributed by atoms with van der Waals surface area (Å²) in [6, 6.07) is 7.68. The molecule has 0 saturated heterocycles. The van der Waals surface area contributed by atoms with Gasteiger partial charge < -0.3 is 14.2 Å². The lowest BCUT2D eigenvalue weighted by atomic mass is 9.41. The molecule has 43 heavy (non-hydrogen) atoms. The van der Waals surface area contributed by atoms with E-state index in [1.54, 1.807) is 0 Å². The minimum absolute atomic E-state index is 0.0138. The Morgan fingerprint density at radius 1 is 1.07 bits per heavy atom. The zero-order valence-corrected chi connectivity index (χ0v) is 28.9. The molecule has 0 amide bonds. The number of benzene rings is 1. The van der Waals surface area contributed by atoms with Crippen LogP contribution in [0.4, 0.5) is 0 Å². The van der Waals surface area contributed by atoms with Crippen LogP contribution in [0.5, 0.6) is 0 Å². The Labute approximate surface area is 271 Å². The van der Waals surface area contributed by atoms with E-state index in [0.717, 1.165) is 54.9 Å². The largest absolute Gasteiger partial charge is 0.469 e. The zero-order chi connectivity index (χ0) is 31.1. The van der Waals surface area contributed by atoms with Crippen molar-refractivity contribution in [3.05, 3.63) is 45.0 Å². The number of halogens is 1. The smallest absolute Gasteiger partial charge is 0.338 e. The molecular weight excluding hydrogens is 655 g/mol. The van der Waals surface area contributed by atoms with Crippen molar-refractivity contribution in [2.75, 3.05) is 7.11 Å². The van der Waals surface area contributed by atoms with Crippen LogP contribution in [0.25, 0.3) is 0 Å². The van der Waals surface area contributed by atoms with Crippen molar-refractivity contribution in [1.29, 1.82) is 0 Å². The molecule has 1 aromatic rings. The second-order valence-electron chi connectivity index (χ2n) is 14.2. The van der Waals surface area contributed by atoms with Crippen LogP contribution < -0.4 is 0 Å². The van der Waals surface area contributed by atoms with Gasteiger partial charge >= 0.3 is 17.9 Å². The van der Waals surface area contributed by atoms with Crippen LogP contribution in [-0.4, -0.2) is 37.2 Å². The molecule has 3 fully saturated rings. The number of rotatable bonds is 8. The molecule has 3 unspecified atom stereocenters. The van der Waals surface area contributed by atoms with E-state index in [0.29, 0.717) is 35.7 Å². The molecule has 236 valence electrons. The molecule has 0 radical (unpaired) electrons. The molecule has 4 aliphatic rings. The van der Waals surface area contributed by atoms with Gasteiger partial charge in [0, 0.05) is 22.8 Å². The van der Waals surface area contributed by atoms with Gasteiger partial charge in [-0.25, -0.2) is 4.79 Å². The Kier molecular flexibility index (Phi) is 9.70. The van der Waals surface area contributed by atoms with Gasteiger partial charge in [-0.2, -0.15) is 0 Å². The van der Waals surface area contributed by atoms with Gasteiger partial charge in [-0.3, -0.25) is 9.59 Å². The van der Waals surface area contributed by atoms with E-state index in [2.05, 4.69) is 56.4 Å². The van der Waals surface area contributed by atoms with Gasteiger partial charge in [0.15, 0.2) is 0 Å². The fourth-order valence-corrected chi connectivity index (χ4v) is 10.7. The fourth-order valence-electron chi connectivity index (χ4n) is 10.2. The van der Waals surface area contributed by atoms with Gasteiger partial charge in [-0.05, 0) is 133 Å². The molecule has 0 aliphatic heterocycles. The van der Waals surface area contributed by atoms with Crippen molar-refractivity contribution < 1.29 is 28.6 Å². The first-order valence-electron chi connectivity index (χ1n) is 16.3. The Balaban J connectivity index is 1.50. The molecule has 0 aromatic heterocycles. The number of esters is 3. The molecule has 7 heteroatoms. The highest BCUT2D eigenvalue weighted by Gasteiger charge is 2.65. The number of carbonyl (C=O) groups is 3. The number of hydrogen-bond acceptors (Lipinski definition) is 6. The highest BCUT2D eigenvalue weighted by atomic mass is 127. The van der Waals surface area contributed by atoms with Crippen LogP contribution in [0.2, 0.25) is 0 Å². The van der Waals surface area contributed by atoms with Crippen LogP contribution in [0, 0.1) is 49.9 Å². The first-order chi connectivity index (χ1) is 20.4. The highest BCUT2D eigenvalue weighted by Crippen LogP contribution is 2.69. The van der Waals surface area contributed by atoms with E-state index in [1.807, 2.05) is 24.3 Å². The van der Waals surface area contributed by atoms with Gasteiger partial charge in [-0.1, -0.05) is 45.4 Å². The van der Waals surface area contributed by atoms with Crippen LogP contribution >= 0.6 is 22.6 Å². The second kappa shape index (κ2) is 12.8. The lowest BCUT2D eigenvalue weighted by molar-refractivity contribution is -0.202. The number of methoxy groups -OCH3 is 1. The maximum absolute atomic E-state index is 13.8. The van der Waals surface area contributed by atoms with E-state index in [1.165, 1.54) is 19.6 Å². The topological polar surface area (TPSA) is 78.9 Å². The van der Waals surface area contributed by atoms with Gasteiger partial charge in [0.2, 0.25) is 0 Å². The molecule has 5 rings (SSSR count). The first kappa shape index (κ1) is 32.5. The molecule has 1 aromatic carbocycles. The third-order valence-electron chi connectivity index (χ3n) is 12.2. The van der Waals surface area contributed by atoms with Crippen molar-refractivity contribution in [2.24, 2.45) is 46.3 Å². The summed E-state index contributed by atoms with van der Waals surface area (Å²) >= 11 is 2.25. The van der Waals surface area contributed by atoms with E-state index in [9.17, 15) is 14.4 Å². The first-order valence-corrected chi connectivity index (χ1v) is 17.4. The van der Waals surface area contributed by atoms with E-state index >= 15 is 0 Å². The Bertz CT molecular complexity index is 1260. The second-order valence-corrected chi connectivity index (χ2v) is 15.5. The summed E-state index contributed by atoms with van der Waals surface area (Å²) in [4.78, 5) is 37.7. The van der Waals surface area contributed by atoms with Crippen LogP contribution in [0.3, 0.4) is 0 Å². The minimum Gasteiger partial charge on any atom is -0.469 e. The summed E-state index contributed by atoms with van der Waals surface area (Å²) in [5, 5.41) is 0. The number of allylic oxidation sites excluding steroid dienone is 2. The summed E-state index contributed by atoms with van der Waals surface area (Å²) in [5.41, 5.74) is 2.20. The average Bonchev–Trinajstić information content (AvgIpc) is 3.33. The molecule has 10 atom stereocenters. The zero-order valence-electron chi connectivity index (χ0n) is 26.7. The predicted molar refractivity (Wildman–Crippen MR) is 174 cm³/mol. The standard InChI is InChI=1S/C36H49IO6/c1-7-26-30-20-25(42-22(3)38)15-17-36(30,5)29-16-18-35(4)27(21(2)11-14-31(39)41-6)12-13-28(35)32(29)33(26)43-34(40)23-9-8-10-24(37)19-23/h8-10,12,19,21,25-26,28-30,32-33H,7,11,13-18,20H2,1-6H3/t21-,25-,26-,28?,29?,30+,32?,33-,35-,36-/m1/s1. The van der Waals surface area contributed by atoms with Crippen molar-refractivity contribution in [2.45, 2.75) is 105 Å². The van der Waals surface area contributed by atoms with Crippen molar-refractivity contribution >= 4 is 40.5 Å². The Hall–Kier alpha value is -1.90. The maximum atomic E-state index is 13.8. The highest BCUT2D eigenvalue weighted by molar-refractivity contribution is 14.1. The minimum atomic E-state index is -0.235. The predicted octanol–water partition coefficient (Wildman–Crippen LogP) is 8.16. The number of hydrogen-bond donors (Lipinski definition) is 0. The van der Waals surface area contributed by atoms with Crippen molar-refractivity contribution in [1.82, 2.24) is 0 Å². The van der Waals surface area contributed by atoms with Crippen LogP contribution in [0.1, 0.15) is 103 Å². The Morgan fingerprint density at radius 2 is 1.84 bits per heavy atom. The average molecular weight is 705 g/mol. The van der Waals surface area contributed by atoms with Crippen LogP contribution in [0.15, 0.2) is 35.9 Å². The van der Waals surface area contributed by atoms with E-state index in [-0.39, 0.29) is 52.8 Å². The maximum Gasteiger partial charge on any atom is 0.338 e. The number of fused-ring (bicyclic) bond motifs is 5. The van der Waals surface area contributed by atoms with Gasteiger partial charge in [0.05, 0.1) is 12.7 Å². The summed E-state index contributed by atoms with van der Waals surface area (Å²) in [6.07, 6.45) is 10.3. The molecule has 0 N–H and O–H groups in total. The molecule has 0 heterocycles. The molecule has 0 spiro atoms. The summed E-state index contributed by atoms with van der Waals surface area (Å²) in [7, 11) is 1.46. The SMILES string of the molecule is CC[C@H]1[C@@H](OC(=O)c2cccc(I)c2)C2C3CC=C([C@H](C)CCC(=O)OC)[C@@]3(C)CCC2[C@@]2(C)CC[C@@H](OC(C)=O)C[C@@H]12. The molecule has 3 saturated carbocycles. The van der Waals surface area contributed by atoms with Crippen molar-refractivity contribution in [3.8, 4) is 0 Å². The summed E-state index contributed by atoms with van der Waals surface area (Å²) in [5.74, 6) is 1.28. The lowest BCUT2D eigenvalue weighted by Gasteiger charge is -2.65. The molecule has 6 nitrogen and oxygen atoms in total. The van der Waals surface area contributed by atoms with Gasteiger partial charge in [0.1, 0.15) is 12.2 Å². The van der Waals surface area contributed by atoms with E-state index in [4.69, 9.17) is 14.2 Å². The third kappa shape index (κ3) is 6.05. The van der Waals surface area contributed by atoms with Gasteiger partial charge in [0.25, 0.3) is 0 Å². The van der Waals surface area contributed by atoms with Gasteiger partial charge in [-0.15, -0.1) is 0 Å². The summed E-state index contributed by atoms with van der Waals surface area (Å²) < 4.78 is 18.5. The monoisotopic (exact) mass is 704 g/mol. The molecule has 4 aliphatic carbocycles. The van der Waals surface area contributed by atoms with Crippen molar-refractivity contribution in [3.63, 3.8) is 0 Å². The van der Waals surface area contributed by atoms with Crippen LogP contribution in [-0.2, 0) is 23.8 Å². The summed E-state index contributed by atoms with van der Waals surface area (Å²) in [6.45, 7) is 10.9. The third-order valence-corrected chi connectivity index (χ3v) is 12.8. The molecular formula is C36H49IO6. The number of carbonyl (C=O) groups excluding carboxylic acids is 3. The number of ether oxygens (including phenoxy) is 3. The Morgan fingerprint density at radius 3 is 2.51 bits per heavy atom. The quantitative estimate of drug-likeness (QED) is 0.118. The fraction of sp³-hybridized carbons (Fsp3) is 0.694. The molecule has 0 bridgehead atoms. The normalized spacial score (nSPS) is 37.2.